The number of hydrogen-bond acceptors (Lipinski definition) is 11. The van der Waals surface area contributed by atoms with Gasteiger partial charge < -0.3 is 19.3 Å². The number of aliphatic hydroxyl groups excluding tert-OH is 1. The van der Waals surface area contributed by atoms with Crippen LogP contribution in [0.4, 0.5) is 20.3 Å². The van der Waals surface area contributed by atoms with E-state index in [-0.39, 0.29) is 58.9 Å². The molecule has 1 aliphatic carbocycles. The highest BCUT2D eigenvalue weighted by molar-refractivity contribution is 6.00. The summed E-state index contributed by atoms with van der Waals surface area (Å²) in [7, 11) is 1.71. The minimum Gasteiger partial charge on any atom is -0.394 e. The SMILES string of the molecule is Cc1cc(-n2nc3c(c2N2C=CN(c4ccc5c(cnn5C)c4F)C2=C=O)[C@H](CO)N(C(=O)c2cc4cc([C@H]5CCOC(C)(C)C5)ccc4n2[C@@]2(c4noc(=O)[nH]4)C[C@@H]2C)CC3)cc(C)c1F. The van der Waals surface area contributed by atoms with Crippen LogP contribution in [0.2, 0.25) is 0 Å². The Morgan fingerprint density at radius 1 is 1.01 bits per heavy atom. The third-order valence-corrected chi connectivity index (χ3v) is 14.4. The number of nitrogens with one attached hydrogen (secondary N) is 1. The molecule has 4 atom stereocenters. The van der Waals surface area contributed by atoms with Crippen molar-refractivity contribution in [3.8, 4) is 5.69 Å². The fraction of sp³-hybridized carbons (Fsp3) is 0.367. The molecular weight excluding hydrogens is 863 g/mol. The minimum absolute atomic E-state index is 0.0532. The van der Waals surface area contributed by atoms with Gasteiger partial charge in [0.15, 0.2) is 17.6 Å². The van der Waals surface area contributed by atoms with Crippen molar-refractivity contribution in [1.82, 2.24) is 39.2 Å². The minimum atomic E-state index is -1.02. The van der Waals surface area contributed by atoms with Gasteiger partial charge >= 0.3 is 5.76 Å². The fourth-order valence-electron chi connectivity index (χ4n) is 11.0. The number of benzene rings is 3. The number of anilines is 2. The van der Waals surface area contributed by atoms with Gasteiger partial charge in [0.1, 0.15) is 22.9 Å². The molecule has 18 heteroatoms. The fourth-order valence-corrected chi connectivity index (χ4v) is 11.0. The second-order valence-electron chi connectivity index (χ2n) is 19.0. The maximum Gasteiger partial charge on any atom is 0.438 e. The molecule has 0 unspecified atom stereocenters. The van der Waals surface area contributed by atoms with E-state index in [0.29, 0.717) is 58.1 Å². The number of rotatable bonds is 8. The number of halogens is 2. The summed E-state index contributed by atoms with van der Waals surface area (Å²) in [6.07, 6.45) is 7.00. The predicted molar refractivity (Wildman–Crippen MR) is 243 cm³/mol. The molecule has 3 aromatic carbocycles. The summed E-state index contributed by atoms with van der Waals surface area (Å²) in [6, 6.07) is 13.6. The molecule has 11 rings (SSSR count). The van der Waals surface area contributed by atoms with Crippen LogP contribution in [-0.2, 0) is 28.5 Å². The zero-order valence-corrected chi connectivity index (χ0v) is 37.8. The van der Waals surface area contributed by atoms with Gasteiger partial charge in [-0.15, -0.1) is 0 Å². The third kappa shape index (κ3) is 6.44. The number of carbonyl (C=O) groups excluding carboxylic acids is 2. The highest BCUT2D eigenvalue weighted by Gasteiger charge is 2.59. The monoisotopic (exact) mass is 910 g/mol. The number of amides is 1. The lowest BCUT2D eigenvalue weighted by Gasteiger charge is -2.36. The van der Waals surface area contributed by atoms with Crippen LogP contribution in [0.15, 0.2) is 82.3 Å². The summed E-state index contributed by atoms with van der Waals surface area (Å²) >= 11 is 0. The van der Waals surface area contributed by atoms with Gasteiger partial charge in [0.05, 0.1) is 52.4 Å². The Morgan fingerprint density at radius 2 is 1.76 bits per heavy atom. The van der Waals surface area contributed by atoms with Gasteiger partial charge in [-0.1, -0.05) is 18.1 Å². The topological polar surface area (TPSA) is 173 Å². The highest BCUT2D eigenvalue weighted by atomic mass is 19.1. The van der Waals surface area contributed by atoms with E-state index in [9.17, 15) is 14.7 Å². The standard InChI is InChI=1S/C49H48F2N10O6/c1-26-17-32(18-27(2)42(26)50)61-44(59-15-14-57(40(59)25-63)37-10-9-36-33(43(37)51)23-52-56(36)6)41-34(54-61)11-13-58(39(41)24-62)45(64)38-20-31-19-29(30-12-16-66-48(4,5)22-30)7-8-35(31)60(38)49(21-28(49)3)46-53-47(65)67-55-46/h7-10,14-15,17-20,23,28,30,39,62H,11-13,16,21-22,24H2,1-6H3,(H,53,55,65)/t28-,30-,39-,49-/m0/s1. The Kier molecular flexibility index (Phi) is 9.64. The number of fused-ring (bicyclic) bond motifs is 3. The molecule has 0 spiro atoms. The van der Waals surface area contributed by atoms with Gasteiger partial charge in [-0.3, -0.25) is 28.8 Å². The predicted octanol–water partition coefficient (Wildman–Crippen LogP) is 6.94. The highest BCUT2D eigenvalue weighted by Crippen LogP contribution is 2.56. The van der Waals surface area contributed by atoms with E-state index >= 15 is 13.6 Å². The van der Waals surface area contributed by atoms with E-state index in [4.69, 9.17) is 14.4 Å². The van der Waals surface area contributed by atoms with Crippen LogP contribution in [0.25, 0.3) is 27.5 Å². The number of H-pyrrole nitrogens is 1. The lowest BCUT2D eigenvalue weighted by atomic mass is 9.83. The van der Waals surface area contributed by atoms with Crippen LogP contribution in [0.5, 0.6) is 0 Å². The molecule has 0 bridgehead atoms. The van der Waals surface area contributed by atoms with E-state index < -0.39 is 35.7 Å². The molecule has 7 aromatic rings. The quantitative estimate of drug-likeness (QED) is 0.151. The number of aryl methyl sites for hydroxylation is 3. The number of ether oxygens (including phenoxy) is 1. The van der Waals surface area contributed by atoms with Crippen molar-refractivity contribution < 1.29 is 32.7 Å². The van der Waals surface area contributed by atoms with Crippen molar-refractivity contribution in [2.75, 3.05) is 29.6 Å². The van der Waals surface area contributed by atoms with Crippen molar-refractivity contribution in [2.45, 2.75) is 83.4 Å². The molecule has 2 N–H and O–H groups in total. The first-order valence-electron chi connectivity index (χ1n) is 22.4. The first kappa shape index (κ1) is 42.5. The van der Waals surface area contributed by atoms with Crippen molar-refractivity contribution in [2.24, 2.45) is 13.0 Å². The van der Waals surface area contributed by atoms with Crippen LogP contribution in [-0.4, -0.2) is 81.5 Å². The van der Waals surface area contributed by atoms with Gasteiger partial charge in [-0.25, -0.2) is 23.1 Å². The Hall–Kier alpha value is -7.14. The molecule has 2 fully saturated rings. The second-order valence-corrected chi connectivity index (χ2v) is 19.0. The van der Waals surface area contributed by atoms with Crippen molar-refractivity contribution >= 4 is 45.2 Å². The molecule has 0 radical (unpaired) electrons. The average Bonchev–Trinajstić information content (AvgIpc) is 3.96. The summed E-state index contributed by atoms with van der Waals surface area (Å²) in [5.74, 6) is 0.560. The molecule has 16 nitrogen and oxygen atoms in total. The van der Waals surface area contributed by atoms with E-state index in [2.05, 4.69) is 41.2 Å². The third-order valence-electron chi connectivity index (χ3n) is 14.4. The lowest BCUT2D eigenvalue weighted by Crippen LogP contribution is -2.43. The van der Waals surface area contributed by atoms with E-state index in [1.54, 1.807) is 65.6 Å². The number of nitrogens with zero attached hydrogens (tertiary/aromatic N) is 9. The molecular formula is C49H48F2N10O6. The first-order chi connectivity index (χ1) is 32.1. The summed E-state index contributed by atoms with van der Waals surface area (Å²) in [4.78, 5) is 48.6. The number of aromatic amines is 1. The molecule has 4 aromatic heterocycles. The van der Waals surface area contributed by atoms with Gasteiger partial charge in [-0.05, 0) is 118 Å². The van der Waals surface area contributed by atoms with Crippen LogP contribution >= 0.6 is 0 Å². The molecule has 4 aliphatic rings. The Bertz CT molecular complexity index is 3330. The van der Waals surface area contributed by atoms with E-state index in [0.717, 1.165) is 29.3 Å². The molecule has 1 amide bonds. The van der Waals surface area contributed by atoms with Crippen molar-refractivity contribution in [3.05, 3.63) is 135 Å². The van der Waals surface area contributed by atoms with Gasteiger partial charge in [0.2, 0.25) is 5.82 Å². The van der Waals surface area contributed by atoms with Crippen LogP contribution in [0, 0.1) is 31.4 Å². The molecule has 1 saturated heterocycles. The summed E-state index contributed by atoms with van der Waals surface area (Å²) in [5, 5.41) is 26.0. The summed E-state index contributed by atoms with van der Waals surface area (Å²) in [6.45, 7) is 9.74. The average molecular weight is 911 g/mol. The normalized spacial score (nSPS) is 22.3. The lowest BCUT2D eigenvalue weighted by molar-refractivity contribution is -0.0592. The first-order valence-corrected chi connectivity index (χ1v) is 22.4. The Labute approximate surface area is 382 Å². The van der Waals surface area contributed by atoms with Crippen LogP contribution in [0.3, 0.4) is 0 Å². The number of aromatic nitrogens is 7. The molecule has 67 heavy (non-hydrogen) atoms. The zero-order chi connectivity index (χ0) is 46.8. The summed E-state index contributed by atoms with van der Waals surface area (Å²) in [5.41, 5.74) is 3.76. The number of aliphatic hydroxyl groups is 1. The zero-order valence-electron chi connectivity index (χ0n) is 37.8. The van der Waals surface area contributed by atoms with Crippen molar-refractivity contribution in [1.29, 1.82) is 0 Å². The summed E-state index contributed by atoms with van der Waals surface area (Å²) < 4.78 is 47.7. The number of carbonyl (C=O) groups is 1. The van der Waals surface area contributed by atoms with Crippen molar-refractivity contribution in [3.63, 3.8) is 0 Å². The number of hydrogen-bond donors (Lipinski definition) is 2. The van der Waals surface area contributed by atoms with Gasteiger partial charge in [0, 0.05) is 55.5 Å². The second kappa shape index (κ2) is 15.2. The molecule has 7 heterocycles. The van der Waals surface area contributed by atoms with Crippen LogP contribution < -0.4 is 15.6 Å². The Morgan fingerprint density at radius 3 is 2.45 bits per heavy atom. The smallest absolute Gasteiger partial charge is 0.394 e. The van der Waals surface area contributed by atoms with E-state index in [1.807, 2.05) is 29.6 Å². The molecule has 344 valence electrons. The van der Waals surface area contributed by atoms with Gasteiger partial charge in [0.25, 0.3) is 5.91 Å². The van der Waals surface area contributed by atoms with Gasteiger partial charge in [-0.2, -0.15) is 10.2 Å². The van der Waals surface area contributed by atoms with E-state index in [1.165, 1.54) is 22.2 Å². The molecule has 1 saturated carbocycles. The molecule has 3 aliphatic heterocycles. The largest absolute Gasteiger partial charge is 0.438 e. The Balaban J connectivity index is 1.05. The maximum absolute atomic E-state index is 16.3. The van der Waals surface area contributed by atoms with Crippen LogP contribution in [0.1, 0.15) is 96.3 Å². The maximum atomic E-state index is 16.3.